The lowest BCUT2D eigenvalue weighted by atomic mass is 10.1. The summed E-state index contributed by atoms with van der Waals surface area (Å²) in [5.41, 5.74) is 2.34. The summed E-state index contributed by atoms with van der Waals surface area (Å²) >= 11 is 0. The van der Waals surface area contributed by atoms with E-state index in [9.17, 15) is 0 Å². The molecule has 0 spiro atoms. The first kappa shape index (κ1) is 24.8. The van der Waals surface area contributed by atoms with Crippen LogP contribution in [0.2, 0.25) is 0 Å². The van der Waals surface area contributed by atoms with Gasteiger partial charge in [0.05, 0.1) is 0 Å². The van der Waals surface area contributed by atoms with E-state index in [1.54, 1.807) is 14.2 Å². The zero-order valence-electron chi connectivity index (χ0n) is 17.4. The van der Waals surface area contributed by atoms with Crippen LogP contribution in [0.1, 0.15) is 49.3 Å². The quantitative estimate of drug-likeness (QED) is 0.266. The fourth-order valence-electron chi connectivity index (χ4n) is 3.00. The molecule has 160 valence electrons. The van der Waals surface area contributed by atoms with Crippen LogP contribution in [0.5, 0.6) is 0 Å². The molecule has 6 heteroatoms. The number of carbonyl (C=O) groups is 1. The summed E-state index contributed by atoms with van der Waals surface area (Å²) in [7, 11) is 3.49. The van der Waals surface area contributed by atoms with Crippen molar-refractivity contribution < 1.29 is 19.4 Å². The maximum absolute atomic E-state index is 8.36. The second-order valence-corrected chi connectivity index (χ2v) is 6.48. The van der Waals surface area contributed by atoms with Gasteiger partial charge in [0.2, 0.25) is 0 Å². The molecule has 0 aromatic heterocycles. The van der Waals surface area contributed by atoms with E-state index < -0.39 is 0 Å². The van der Waals surface area contributed by atoms with E-state index >= 15 is 0 Å². The number of carboxylic acid groups (broad SMARTS) is 1. The standard InChI is InChI=1S/C22H32N2O2.CH2O2/c1-25-21(19-13-7-5-8-14-19)23-17-11-3-4-12-18-24-22(26-2)20-15-9-6-10-16-20;2-1-3/h5-10,13-16,21-24H,3-4,11-12,17-18H2,1-2H3;1H,(H,2,3). The summed E-state index contributed by atoms with van der Waals surface area (Å²) in [4.78, 5) is 8.36. The molecule has 0 fully saturated rings. The molecule has 0 amide bonds. The summed E-state index contributed by atoms with van der Waals surface area (Å²) in [6.07, 6.45) is 4.68. The van der Waals surface area contributed by atoms with E-state index in [0.29, 0.717) is 0 Å². The minimum atomic E-state index is -0.250. The van der Waals surface area contributed by atoms with Crippen LogP contribution in [0.3, 0.4) is 0 Å². The number of ether oxygens (including phenoxy) is 2. The highest BCUT2D eigenvalue weighted by molar-refractivity contribution is 5.32. The van der Waals surface area contributed by atoms with Crippen LogP contribution in [0, 0.1) is 0 Å². The fraction of sp³-hybridized carbons (Fsp3) is 0.435. The van der Waals surface area contributed by atoms with Gasteiger partial charge in [-0.05, 0) is 37.1 Å². The number of rotatable bonds is 13. The Kier molecular flexibility index (Phi) is 14.3. The molecule has 6 nitrogen and oxygen atoms in total. The Labute approximate surface area is 174 Å². The maximum Gasteiger partial charge on any atom is 0.290 e. The predicted octanol–water partition coefficient (Wildman–Crippen LogP) is 4.12. The molecular weight excluding hydrogens is 368 g/mol. The zero-order chi connectivity index (χ0) is 21.2. The Bertz CT molecular complexity index is 572. The molecule has 0 heterocycles. The highest BCUT2D eigenvalue weighted by Gasteiger charge is 2.09. The number of hydrogen-bond acceptors (Lipinski definition) is 5. The summed E-state index contributed by atoms with van der Waals surface area (Å²) in [5, 5.41) is 13.8. The van der Waals surface area contributed by atoms with Crippen molar-refractivity contribution in [3.05, 3.63) is 71.8 Å². The van der Waals surface area contributed by atoms with Crippen molar-refractivity contribution in [1.29, 1.82) is 0 Å². The van der Waals surface area contributed by atoms with Crippen LogP contribution >= 0.6 is 0 Å². The molecule has 0 radical (unpaired) electrons. The van der Waals surface area contributed by atoms with Crippen molar-refractivity contribution in [2.24, 2.45) is 0 Å². The molecule has 29 heavy (non-hydrogen) atoms. The van der Waals surface area contributed by atoms with Gasteiger partial charge >= 0.3 is 0 Å². The van der Waals surface area contributed by atoms with Crippen LogP contribution in [-0.2, 0) is 14.3 Å². The van der Waals surface area contributed by atoms with Crippen molar-refractivity contribution in [3.8, 4) is 0 Å². The molecule has 2 unspecified atom stereocenters. The van der Waals surface area contributed by atoms with Gasteiger partial charge in [0.1, 0.15) is 12.5 Å². The molecule has 0 aliphatic heterocycles. The Hall–Kier alpha value is -2.25. The lowest BCUT2D eigenvalue weighted by Gasteiger charge is -2.18. The largest absolute Gasteiger partial charge is 0.483 e. The van der Waals surface area contributed by atoms with Crippen LogP contribution in [0.4, 0.5) is 0 Å². The fourth-order valence-corrected chi connectivity index (χ4v) is 3.00. The third-order valence-corrected chi connectivity index (χ3v) is 4.44. The maximum atomic E-state index is 8.36. The lowest BCUT2D eigenvalue weighted by Crippen LogP contribution is -2.24. The summed E-state index contributed by atoms with van der Waals surface area (Å²) in [6.45, 7) is 1.68. The van der Waals surface area contributed by atoms with Gasteiger partial charge in [-0.15, -0.1) is 0 Å². The van der Waals surface area contributed by atoms with Crippen LogP contribution in [0.25, 0.3) is 0 Å². The van der Waals surface area contributed by atoms with Gasteiger partial charge in [0, 0.05) is 14.2 Å². The van der Waals surface area contributed by atoms with Gasteiger partial charge in [-0.25, -0.2) is 0 Å². The molecule has 0 aliphatic rings. The molecule has 0 saturated carbocycles. The molecule has 0 aliphatic carbocycles. The lowest BCUT2D eigenvalue weighted by molar-refractivity contribution is -0.122. The third kappa shape index (κ3) is 10.8. The van der Waals surface area contributed by atoms with E-state index in [4.69, 9.17) is 19.4 Å². The van der Waals surface area contributed by atoms with Crippen molar-refractivity contribution >= 4 is 6.47 Å². The van der Waals surface area contributed by atoms with Gasteiger partial charge in [0.15, 0.2) is 0 Å². The highest BCUT2D eigenvalue weighted by Crippen LogP contribution is 2.14. The Morgan fingerprint density at radius 1 is 0.759 bits per heavy atom. The number of nitrogens with one attached hydrogen (secondary N) is 2. The molecule has 3 N–H and O–H groups in total. The smallest absolute Gasteiger partial charge is 0.290 e. The first-order valence-electron chi connectivity index (χ1n) is 9.96. The Morgan fingerprint density at radius 2 is 1.10 bits per heavy atom. The average Bonchev–Trinajstić information content (AvgIpc) is 2.77. The number of unbranched alkanes of at least 4 members (excludes halogenated alkanes) is 3. The topological polar surface area (TPSA) is 79.8 Å². The van der Waals surface area contributed by atoms with Gasteiger partial charge in [0.25, 0.3) is 6.47 Å². The number of hydrogen-bond donors (Lipinski definition) is 3. The predicted molar refractivity (Wildman–Crippen MR) is 116 cm³/mol. The van der Waals surface area contributed by atoms with Crippen LogP contribution in [0.15, 0.2) is 60.7 Å². The number of benzene rings is 2. The van der Waals surface area contributed by atoms with Gasteiger partial charge < -0.3 is 14.6 Å². The molecule has 0 saturated heterocycles. The van der Waals surface area contributed by atoms with Crippen molar-refractivity contribution in [2.45, 2.75) is 38.1 Å². The minimum absolute atomic E-state index is 0.0220. The average molecular weight is 403 g/mol. The van der Waals surface area contributed by atoms with E-state index in [1.807, 2.05) is 36.4 Å². The molecule has 2 aromatic rings. The molecule has 2 aromatic carbocycles. The van der Waals surface area contributed by atoms with Gasteiger partial charge in [-0.1, -0.05) is 73.5 Å². The second kappa shape index (κ2) is 16.7. The Morgan fingerprint density at radius 3 is 1.41 bits per heavy atom. The monoisotopic (exact) mass is 402 g/mol. The van der Waals surface area contributed by atoms with E-state index in [-0.39, 0.29) is 18.9 Å². The van der Waals surface area contributed by atoms with Crippen molar-refractivity contribution in [2.75, 3.05) is 27.3 Å². The SMILES string of the molecule is COC(NCCCCCCNC(OC)c1ccccc1)c1ccccc1.O=CO. The van der Waals surface area contributed by atoms with E-state index in [0.717, 1.165) is 25.9 Å². The van der Waals surface area contributed by atoms with Gasteiger partial charge in [-0.3, -0.25) is 15.4 Å². The highest BCUT2D eigenvalue weighted by atomic mass is 16.5. The molecule has 2 rings (SSSR count). The summed E-state index contributed by atoms with van der Waals surface area (Å²) < 4.78 is 11.1. The summed E-state index contributed by atoms with van der Waals surface area (Å²) in [6, 6.07) is 20.6. The van der Waals surface area contributed by atoms with Crippen LogP contribution in [-0.4, -0.2) is 38.9 Å². The van der Waals surface area contributed by atoms with Crippen molar-refractivity contribution in [3.63, 3.8) is 0 Å². The van der Waals surface area contributed by atoms with E-state index in [1.165, 1.54) is 24.0 Å². The molecule has 2 atom stereocenters. The first-order chi connectivity index (χ1) is 14.3. The molecule has 0 bridgehead atoms. The van der Waals surface area contributed by atoms with Crippen molar-refractivity contribution in [1.82, 2.24) is 10.6 Å². The second-order valence-electron chi connectivity index (χ2n) is 6.48. The summed E-state index contributed by atoms with van der Waals surface area (Å²) in [5.74, 6) is 0. The first-order valence-corrected chi connectivity index (χ1v) is 9.96. The van der Waals surface area contributed by atoms with E-state index in [2.05, 4.69) is 34.9 Å². The zero-order valence-corrected chi connectivity index (χ0v) is 17.4. The molecular formula is C23H34N2O4. The Balaban J connectivity index is 0.00000132. The van der Waals surface area contributed by atoms with Gasteiger partial charge in [-0.2, -0.15) is 0 Å². The normalized spacial score (nSPS) is 12.5. The third-order valence-electron chi connectivity index (χ3n) is 4.44. The van der Waals surface area contributed by atoms with Crippen LogP contribution < -0.4 is 10.6 Å². The minimum Gasteiger partial charge on any atom is -0.483 e. The number of methoxy groups -OCH3 is 2.